The number of aryl methyl sites for hydroxylation is 2. The van der Waals surface area contributed by atoms with Crippen molar-refractivity contribution < 1.29 is 9.59 Å². The first-order chi connectivity index (χ1) is 11.5. The van der Waals surface area contributed by atoms with Crippen molar-refractivity contribution in [1.29, 1.82) is 0 Å². The average Bonchev–Trinajstić information content (AvgIpc) is 3.09. The number of rotatable bonds is 4. The van der Waals surface area contributed by atoms with Crippen molar-refractivity contribution in [2.75, 3.05) is 11.4 Å². The summed E-state index contributed by atoms with van der Waals surface area (Å²) in [5, 5.41) is 7.08. The predicted octanol–water partition coefficient (Wildman–Crippen LogP) is 1.14. The minimum absolute atomic E-state index is 0. The van der Waals surface area contributed by atoms with E-state index >= 15 is 0 Å². The third-order valence-corrected chi connectivity index (χ3v) is 4.22. The van der Waals surface area contributed by atoms with E-state index in [1.165, 1.54) is 0 Å². The molecule has 3 N–H and O–H groups in total. The van der Waals surface area contributed by atoms with Crippen molar-refractivity contribution in [1.82, 2.24) is 15.1 Å². The Morgan fingerprint density at radius 1 is 1.36 bits per heavy atom. The molecule has 2 heterocycles. The molecule has 25 heavy (non-hydrogen) atoms. The summed E-state index contributed by atoms with van der Waals surface area (Å²) in [7, 11) is 1.81. The fraction of sp³-hybridized carbons (Fsp3) is 0.353. The fourth-order valence-corrected chi connectivity index (χ4v) is 2.92. The summed E-state index contributed by atoms with van der Waals surface area (Å²) in [6.45, 7) is 2.88. The van der Waals surface area contributed by atoms with E-state index in [1.807, 2.05) is 25.1 Å². The summed E-state index contributed by atoms with van der Waals surface area (Å²) in [4.78, 5) is 26.6. The van der Waals surface area contributed by atoms with Gasteiger partial charge < -0.3 is 11.1 Å². The Balaban J connectivity index is 0.00000225. The molecule has 0 aliphatic carbocycles. The topological polar surface area (TPSA) is 93.3 Å². The molecule has 3 rings (SSSR count). The highest BCUT2D eigenvalue weighted by Gasteiger charge is 2.35. The third kappa shape index (κ3) is 3.83. The molecule has 134 valence electrons. The number of aromatic nitrogens is 2. The lowest BCUT2D eigenvalue weighted by Crippen LogP contribution is -2.41. The van der Waals surface area contributed by atoms with Gasteiger partial charge >= 0.3 is 0 Å². The minimum atomic E-state index is -0.512. The van der Waals surface area contributed by atoms with Crippen LogP contribution in [0.1, 0.15) is 28.0 Å². The molecular weight excluding hydrogens is 342 g/mol. The van der Waals surface area contributed by atoms with Crippen LogP contribution in [0, 0.1) is 6.92 Å². The number of nitrogens with one attached hydrogen (secondary N) is 1. The zero-order chi connectivity index (χ0) is 17.3. The van der Waals surface area contributed by atoms with Crippen LogP contribution >= 0.6 is 12.4 Å². The Bertz CT molecular complexity index is 772. The first-order valence-electron chi connectivity index (χ1n) is 7.91. The lowest BCUT2D eigenvalue weighted by atomic mass is 10.1. The molecule has 7 nitrogen and oxygen atoms in total. The molecule has 0 saturated carbocycles. The second kappa shape index (κ2) is 7.67. The van der Waals surface area contributed by atoms with Crippen LogP contribution in [0.15, 0.2) is 30.3 Å². The number of nitrogens with zero attached hydrogens (tertiary/aromatic N) is 3. The van der Waals surface area contributed by atoms with E-state index in [2.05, 4.69) is 10.4 Å². The van der Waals surface area contributed by atoms with Crippen LogP contribution in [-0.4, -0.2) is 34.2 Å². The van der Waals surface area contributed by atoms with Gasteiger partial charge in [-0.3, -0.25) is 19.2 Å². The van der Waals surface area contributed by atoms with Crippen LogP contribution in [0.25, 0.3) is 0 Å². The molecule has 1 aliphatic heterocycles. The van der Waals surface area contributed by atoms with Gasteiger partial charge in [0.1, 0.15) is 11.9 Å². The van der Waals surface area contributed by atoms with E-state index in [4.69, 9.17) is 5.73 Å². The maximum Gasteiger partial charge on any atom is 0.251 e. The number of amides is 2. The van der Waals surface area contributed by atoms with Gasteiger partial charge in [0.2, 0.25) is 0 Å². The Morgan fingerprint density at radius 3 is 2.60 bits per heavy atom. The monoisotopic (exact) mass is 363 g/mol. The van der Waals surface area contributed by atoms with E-state index in [-0.39, 0.29) is 24.2 Å². The Hall–Kier alpha value is -2.38. The van der Waals surface area contributed by atoms with Crippen LogP contribution in [0.4, 0.5) is 5.82 Å². The smallest absolute Gasteiger partial charge is 0.251 e. The normalized spacial score (nSPS) is 16.7. The average molecular weight is 364 g/mol. The lowest BCUT2D eigenvalue weighted by Gasteiger charge is -2.17. The van der Waals surface area contributed by atoms with E-state index in [0.717, 1.165) is 17.1 Å². The SMILES string of the molecule is Cc1cc(N2CCC(NC(=O)c3ccc(CN)cc3)C2=O)n(C)n1.Cl. The largest absolute Gasteiger partial charge is 0.340 e. The van der Waals surface area contributed by atoms with Crippen LogP contribution < -0.4 is 16.0 Å². The number of hydrogen-bond acceptors (Lipinski definition) is 4. The molecule has 1 aromatic carbocycles. The number of nitrogens with two attached hydrogens (primary N) is 1. The zero-order valence-electron chi connectivity index (χ0n) is 14.2. The molecular formula is C17H22ClN5O2. The van der Waals surface area contributed by atoms with Crippen molar-refractivity contribution >= 4 is 30.0 Å². The lowest BCUT2D eigenvalue weighted by molar-refractivity contribution is -0.118. The summed E-state index contributed by atoms with van der Waals surface area (Å²) in [6, 6.07) is 8.43. The standard InChI is InChI=1S/C17H21N5O2.ClH/c1-11-9-15(21(2)20-11)22-8-7-14(17(22)24)19-16(23)13-5-3-12(10-18)4-6-13;/h3-6,9,14H,7-8,10,18H2,1-2H3,(H,19,23);1H. The highest BCUT2D eigenvalue weighted by molar-refractivity contribution is 6.03. The predicted molar refractivity (Wildman–Crippen MR) is 97.8 cm³/mol. The van der Waals surface area contributed by atoms with Crippen molar-refractivity contribution in [3.63, 3.8) is 0 Å². The Kier molecular flexibility index (Phi) is 5.81. The summed E-state index contributed by atoms with van der Waals surface area (Å²) in [6.07, 6.45) is 0.579. The van der Waals surface area contributed by atoms with Gasteiger partial charge in [-0.2, -0.15) is 5.10 Å². The molecule has 1 atom stereocenters. The van der Waals surface area contributed by atoms with E-state index in [9.17, 15) is 9.59 Å². The third-order valence-electron chi connectivity index (χ3n) is 4.22. The van der Waals surface area contributed by atoms with Crippen LogP contribution in [-0.2, 0) is 18.4 Å². The van der Waals surface area contributed by atoms with Gasteiger partial charge in [0.25, 0.3) is 11.8 Å². The minimum Gasteiger partial charge on any atom is -0.340 e. The molecule has 0 radical (unpaired) electrons. The quantitative estimate of drug-likeness (QED) is 0.852. The molecule has 1 aliphatic rings. The molecule has 2 amide bonds. The van der Waals surface area contributed by atoms with Crippen molar-refractivity contribution in [3.05, 3.63) is 47.2 Å². The molecule has 1 unspecified atom stereocenters. The van der Waals surface area contributed by atoms with Crippen LogP contribution in [0.3, 0.4) is 0 Å². The number of benzene rings is 1. The van der Waals surface area contributed by atoms with Crippen molar-refractivity contribution in [3.8, 4) is 0 Å². The molecule has 0 bridgehead atoms. The van der Waals surface area contributed by atoms with E-state index in [1.54, 1.807) is 28.8 Å². The Morgan fingerprint density at radius 2 is 2.04 bits per heavy atom. The highest BCUT2D eigenvalue weighted by atomic mass is 35.5. The van der Waals surface area contributed by atoms with Gasteiger partial charge in [-0.05, 0) is 31.0 Å². The highest BCUT2D eigenvalue weighted by Crippen LogP contribution is 2.22. The second-order valence-corrected chi connectivity index (χ2v) is 5.97. The Labute approximate surface area is 152 Å². The molecule has 2 aromatic rings. The zero-order valence-corrected chi connectivity index (χ0v) is 15.0. The van der Waals surface area contributed by atoms with Crippen LogP contribution in [0.2, 0.25) is 0 Å². The van der Waals surface area contributed by atoms with Gasteiger partial charge in [-0.25, -0.2) is 0 Å². The van der Waals surface area contributed by atoms with Gasteiger partial charge in [0.15, 0.2) is 0 Å². The number of carbonyl (C=O) groups is 2. The van der Waals surface area contributed by atoms with Crippen molar-refractivity contribution in [2.24, 2.45) is 12.8 Å². The van der Waals surface area contributed by atoms with Gasteiger partial charge in [-0.15, -0.1) is 12.4 Å². The van der Waals surface area contributed by atoms with Gasteiger partial charge in [-0.1, -0.05) is 12.1 Å². The molecule has 1 aromatic heterocycles. The maximum atomic E-state index is 12.6. The molecule has 1 fully saturated rings. The number of carbonyl (C=O) groups excluding carboxylic acids is 2. The molecule has 1 saturated heterocycles. The van der Waals surface area contributed by atoms with Crippen molar-refractivity contribution in [2.45, 2.75) is 25.9 Å². The fourth-order valence-electron chi connectivity index (χ4n) is 2.92. The maximum absolute atomic E-state index is 12.6. The number of hydrogen-bond donors (Lipinski definition) is 2. The van der Waals surface area contributed by atoms with Gasteiger partial charge in [0, 0.05) is 31.8 Å². The first kappa shape index (κ1) is 19.0. The number of anilines is 1. The summed E-state index contributed by atoms with van der Waals surface area (Å²) in [5.74, 6) is 0.395. The summed E-state index contributed by atoms with van der Waals surface area (Å²) < 4.78 is 1.68. The van der Waals surface area contributed by atoms with Gasteiger partial charge in [0.05, 0.1) is 5.69 Å². The van der Waals surface area contributed by atoms with E-state index in [0.29, 0.717) is 25.1 Å². The summed E-state index contributed by atoms with van der Waals surface area (Å²) in [5.41, 5.74) is 7.89. The van der Waals surface area contributed by atoms with E-state index < -0.39 is 6.04 Å². The summed E-state index contributed by atoms with van der Waals surface area (Å²) >= 11 is 0. The second-order valence-electron chi connectivity index (χ2n) is 5.97. The van der Waals surface area contributed by atoms with Crippen LogP contribution in [0.5, 0.6) is 0 Å². The molecule has 0 spiro atoms. The first-order valence-corrected chi connectivity index (χ1v) is 7.91. The molecule has 8 heteroatoms. The number of halogens is 1.